The molecular weight excluding hydrogens is 266 g/mol. The standard InChI is InChI=1S/C16H21N3S/c1-2-18-11-3-5-13-7-9-14(10-8-13)19-16(17)15-6-4-12-20-15/h4,6-10,12,18H,2-3,5,11H2,1H3,(H2,17,19). The van der Waals surface area contributed by atoms with Gasteiger partial charge in [0.05, 0.1) is 4.88 Å². The molecule has 3 nitrogen and oxygen atoms in total. The molecule has 20 heavy (non-hydrogen) atoms. The average molecular weight is 287 g/mol. The van der Waals surface area contributed by atoms with E-state index in [1.807, 2.05) is 29.6 Å². The normalized spacial score (nSPS) is 10.4. The average Bonchev–Trinajstić information content (AvgIpc) is 3.00. The summed E-state index contributed by atoms with van der Waals surface area (Å²) in [5.74, 6) is 0.458. The maximum atomic E-state index is 7.99. The summed E-state index contributed by atoms with van der Waals surface area (Å²) < 4.78 is 0. The third-order valence-electron chi connectivity index (χ3n) is 3.06. The number of amidine groups is 1. The molecule has 0 radical (unpaired) electrons. The van der Waals surface area contributed by atoms with Gasteiger partial charge in [-0.05, 0) is 55.1 Å². The van der Waals surface area contributed by atoms with Gasteiger partial charge in [0.1, 0.15) is 5.84 Å². The summed E-state index contributed by atoms with van der Waals surface area (Å²) in [6.07, 6.45) is 2.25. The van der Waals surface area contributed by atoms with Crippen LogP contribution in [0.1, 0.15) is 23.8 Å². The first-order valence-corrected chi connectivity index (χ1v) is 7.86. The molecule has 3 N–H and O–H groups in total. The van der Waals surface area contributed by atoms with Crippen molar-refractivity contribution in [2.24, 2.45) is 0 Å². The first-order valence-electron chi connectivity index (χ1n) is 6.98. The smallest absolute Gasteiger partial charge is 0.140 e. The van der Waals surface area contributed by atoms with Crippen LogP contribution in [0.15, 0.2) is 41.8 Å². The Morgan fingerprint density at radius 3 is 2.65 bits per heavy atom. The lowest BCUT2D eigenvalue weighted by atomic mass is 10.1. The predicted molar refractivity (Wildman–Crippen MR) is 88.1 cm³/mol. The lowest BCUT2D eigenvalue weighted by Gasteiger charge is -2.07. The quantitative estimate of drug-likeness (QED) is 0.413. The number of anilines is 1. The highest BCUT2D eigenvalue weighted by Crippen LogP contribution is 2.14. The highest BCUT2D eigenvalue weighted by atomic mass is 32.1. The lowest BCUT2D eigenvalue weighted by Crippen LogP contribution is -2.14. The Hall–Kier alpha value is -1.65. The third-order valence-corrected chi connectivity index (χ3v) is 3.95. The molecule has 4 heteroatoms. The van der Waals surface area contributed by atoms with Gasteiger partial charge in [-0.3, -0.25) is 5.41 Å². The van der Waals surface area contributed by atoms with Crippen LogP contribution in [-0.2, 0) is 6.42 Å². The maximum absolute atomic E-state index is 7.99. The van der Waals surface area contributed by atoms with Crippen molar-refractivity contribution < 1.29 is 0 Å². The van der Waals surface area contributed by atoms with Crippen molar-refractivity contribution in [1.29, 1.82) is 5.41 Å². The van der Waals surface area contributed by atoms with Crippen molar-refractivity contribution >= 4 is 22.9 Å². The van der Waals surface area contributed by atoms with Gasteiger partial charge in [0.25, 0.3) is 0 Å². The van der Waals surface area contributed by atoms with Crippen LogP contribution in [0.25, 0.3) is 0 Å². The molecule has 0 aliphatic rings. The zero-order valence-electron chi connectivity index (χ0n) is 11.8. The Labute approximate surface area is 124 Å². The zero-order valence-corrected chi connectivity index (χ0v) is 12.6. The molecule has 0 bridgehead atoms. The summed E-state index contributed by atoms with van der Waals surface area (Å²) in [5.41, 5.74) is 2.31. The monoisotopic (exact) mass is 287 g/mol. The number of nitrogens with one attached hydrogen (secondary N) is 3. The first kappa shape index (κ1) is 14.8. The van der Waals surface area contributed by atoms with Crippen molar-refractivity contribution in [3.05, 3.63) is 52.2 Å². The van der Waals surface area contributed by atoms with E-state index in [4.69, 9.17) is 5.41 Å². The highest BCUT2D eigenvalue weighted by molar-refractivity contribution is 7.12. The SMILES string of the molecule is CCNCCCc1ccc(NC(=N)c2cccs2)cc1. The third kappa shape index (κ3) is 4.47. The van der Waals surface area contributed by atoms with Crippen LogP contribution < -0.4 is 10.6 Å². The molecule has 1 aromatic heterocycles. The van der Waals surface area contributed by atoms with Gasteiger partial charge >= 0.3 is 0 Å². The van der Waals surface area contributed by atoms with Crippen molar-refractivity contribution in [2.45, 2.75) is 19.8 Å². The molecule has 1 aromatic carbocycles. The molecule has 0 aliphatic heterocycles. The summed E-state index contributed by atoms with van der Waals surface area (Å²) in [4.78, 5) is 0.958. The number of hydrogen-bond donors (Lipinski definition) is 3. The summed E-state index contributed by atoms with van der Waals surface area (Å²) in [7, 11) is 0. The predicted octanol–water partition coefficient (Wildman–Crippen LogP) is 3.73. The van der Waals surface area contributed by atoms with E-state index in [2.05, 4.69) is 29.7 Å². The summed E-state index contributed by atoms with van der Waals surface area (Å²) in [5, 5.41) is 16.4. The number of aryl methyl sites for hydroxylation is 1. The summed E-state index contributed by atoms with van der Waals surface area (Å²) >= 11 is 1.58. The molecule has 106 valence electrons. The van der Waals surface area contributed by atoms with Crippen molar-refractivity contribution in [3.63, 3.8) is 0 Å². The second kappa shape index (κ2) is 7.82. The van der Waals surface area contributed by atoms with Crippen molar-refractivity contribution in [2.75, 3.05) is 18.4 Å². The van der Waals surface area contributed by atoms with Crippen LogP contribution in [0, 0.1) is 5.41 Å². The first-order chi connectivity index (χ1) is 9.79. The molecule has 0 amide bonds. The molecule has 0 aliphatic carbocycles. The topological polar surface area (TPSA) is 47.9 Å². The van der Waals surface area contributed by atoms with E-state index >= 15 is 0 Å². The fourth-order valence-corrected chi connectivity index (χ4v) is 2.61. The zero-order chi connectivity index (χ0) is 14.2. The Morgan fingerprint density at radius 2 is 2.00 bits per heavy atom. The molecule has 0 saturated heterocycles. The van der Waals surface area contributed by atoms with Crippen LogP contribution in [-0.4, -0.2) is 18.9 Å². The van der Waals surface area contributed by atoms with Crippen LogP contribution in [0.3, 0.4) is 0 Å². The van der Waals surface area contributed by atoms with Crippen LogP contribution in [0.2, 0.25) is 0 Å². The van der Waals surface area contributed by atoms with E-state index in [9.17, 15) is 0 Å². The Morgan fingerprint density at radius 1 is 1.20 bits per heavy atom. The number of hydrogen-bond acceptors (Lipinski definition) is 3. The largest absolute Gasteiger partial charge is 0.340 e. The van der Waals surface area contributed by atoms with Crippen LogP contribution in [0.5, 0.6) is 0 Å². The number of thiophene rings is 1. The second-order valence-corrected chi connectivity index (χ2v) is 5.58. The summed E-state index contributed by atoms with van der Waals surface area (Å²) in [6.45, 7) is 4.23. The van der Waals surface area contributed by atoms with Crippen LogP contribution >= 0.6 is 11.3 Å². The highest BCUT2D eigenvalue weighted by Gasteiger charge is 2.02. The van der Waals surface area contributed by atoms with Gasteiger partial charge in [-0.1, -0.05) is 25.1 Å². The molecule has 0 unspecified atom stereocenters. The van der Waals surface area contributed by atoms with E-state index in [0.29, 0.717) is 5.84 Å². The molecular formula is C16H21N3S. The fourth-order valence-electron chi connectivity index (χ4n) is 1.98. The maximum Gasteiger partial charge on any atom is 0.140 e. The van der Waals surface area contributed by atoms with Gasteiger partial charge in [-0.15, -0.1) is 11.3 Å². The molecule has 0 spiro atoms. The Bertz CT molecular complexity index is 517. The van der Waals surface area contributed by atoms with Gasteiger partial charge in [-0.25, -0.2) is 0 Å². The molecule has 2 rings (SSSR count). The van der Waals surface area contributed by atoms with E-state index in [-0.39, 0.29) is 0 Å². The molecule has 0 atom stereocenters. The van der Waals surface area contributed by atoms with E-state index < -0.39 is 0 Å². The molecule has 1 heterocycles. The van der Waals surface area contributed by atoms with Gasteiger partial charge in [0, 0.05) is 5.69 Å². The van der Waals surface area contributed by atoms with Gasteiger partial charge in [0.15, 0.2) is 0 Å². The van der Waals surface area contributed by atoms with E-state index in [1.54, 1.807) is 11.3 Å². The van der Waals surface area contributed by atoms with Gasteiger partial charge in [-0.2, -0.15) is 0 Å². The van der Waals surface area contributed by atoms with Crippen LogP contribution in [0.4, 0.5) is 5.69 Å². The fraction of sp³-hybridized carbons (Fsp3) is 0.312. The lowest BCUT2D eigenvalue weighted by molar-refractivity contribution is 0.673. The Balaban J connectivity index is 1.83. The van der Waals surface area contributed by atoms with Gasteiger partial charge < -0.3 is 10.6 Å². The number of rotatable bonds is 7. The molecule has 0 fully saturated rings. The van der Waals surface area contributed by atoms with E-state index in [0.717, 1.165) is 36.5 Å². The van der Waals surface area contributed by atoms with Gasteiger partial charge in [0.2, 0.25) is 0 Å². The molecule has 0 saturated carbocycles. The van der Waals surface area contributed by atoms with Crippen molar-refractivity contribution in [1.82, 2.24) is 5.32 Å². The minimum atomic E-state index is 0.458. The molecule has 2 aromatic rings. The van der Waals surface area contributed by atoms with Crippen molar-refractivity contribution in [3.8, 4) is 0 Å². The minimum Gasteiger partial charge on any atom is -0.340 e. The minimum absolute atomic E-state index is 0.458. The van der Waals surface area contributed by atoms with E-state index in [1.165, 1.54) is 5.56 Å². The second-order valence-electron chi connectivity index (χ2n) is 4.63. The summed E-state index contributed by atoms with van der Waals surface area (Å²) in [6, 6.07) is 12.3. The number of benzene rings is 1. The Kier molecular flexibility index (Phi) is 5.77.